The molecule has 6 aromatic carbocycles. The van der Waals surface area contributed by atoms with Gasteiger partial charge in [-0.2, -0.15) is 0 Å². The minimum atomic E-state index is 1.19. The van der Waals surface area contributed by atoms with Crippen molar-refractivity contribution in [2.45, 2.75) is 32.1 Å². The monoisotopic (exact) mass is 550 g/mol. The fraction of sp³-hybridized carbons (Fsp3) is 0.122. The average molecular weight is 551 g/mol. The van der Waals surface area contributed by atoms with Crippen molar-refractivity contribution in [1.29, 1.82) is 0 Å². The molecule has 0 bridgehead atoms. The standard InChI is InChI=1S/C41H30N2/c1-3-10-32(11-4-1)42-38-18-16-29(21-34(38)36-20-26-8-7-9-27(26)24-40(36)42)30-17-19-39-35(22-30)37-23-28-14-15-31(28)25-41(37)43(39)33-12-5-2-6-13-33/h1-6,10-13,16-25H,7-9,14-15H2. The summed E-state index contributed by atoms with van der Waals surface area (Å²) in [6.07, 6.45) is 6.01. The smallest absolute Gasteiger partial charge is 0.0544 e. The van der Waals surface area contributed by atoms with Crippen LogP contribution in [0.15, 0.2) is 121 Å². The number of nitrogens with zero attached hydrogens (tertiary/aromatic N) is 2. The highest BCUT2D eigenvalue weighted by molar-refractivity contribution is 6.13. The highest BCUT2D eigenvalue weighted by atomic mass is 15.0. The second kappa shape index (κ2) is 8.72. The highest BCUT2D eigenvalue weighted by Gasteiger charge is 2.21. The van der Waals surface area contributed by atoms with Gasteiger partial charge in [0.25, 0.3) is 0 Å². The Labute approximate surface area is 250 Å². The van der Waals surface area contributed by atoms with Gasteiger partial charge in [0, 0.05) is 32.9 Å². The normalized spacial score (nSPS) is 14.0. The zero-order chi connectivity index (χ0) is 28.1. The quantitative estimate of drug-likeness (QED) is 0.207. The second-order valence-corrected chi connectivity index (χ2v) is 12.4. The zero-order valence-corrected chi connectivity index (χ0v) is 24.0. The number of hydrogen-bond donors (Lipinski definition) is 0. The van der Waals surface area contributed by atoms with Crippen LogP contribution in [0.25, 0.3) is 66.1 Å². The Bertz CT molecular complexity index is 2400. The van der Waals surface area contributed by atoms with Gasteiger partial charge in [0.2, 0.25) is 0 Å². The molecule has 0 N–H and O–H groups in total. The molecule has 0 amide bonds. The molecule has 0 aliphatic heterocycles. The zero-order valence-electron chi connectivity index (χ0n) is 24.0. The summed E-state index contributed by atoms with van der Waals surface area (Å²) in [6, 6.07) is 45.7. The molecule has 2 heteroatoms. The summed E-state index contributed by atoms with van der Waals surface area (Å²) in [5.41, 5.74) is 16.2. The molecule has 0 saturated heterocycles. The van der Waals surface area contributed by atoms with Crippen molar-refractivity contribution in [1.82, 2.24) is 9.13 Å². The summed E-state index contributed by atoms with van der Waals surface area (Å²) in [6.45, 7) is 0. The van der Waals surface area contributed by atoms with Gasteiger partial charge in [-0.1, -0.05) is 48.5 Å². The van der Waals surface area contributed by atoms with Gasteiger partial charge in [-0.25, -0.2) is 0 Å². The topological polar surface area (TPSA) is 9.86 Å². The van der Waals surface area contributed by atoms with E-state index in [1.165, 1.54) is 120 Å². The first kappa shape index (κ1) is 23.5. The van der Waals surface area contributed by atoms with Crippen molar-refractivity contribution < 1.29 is 0 Å². The molecule has 0 spiro atoms. The van der Waals surface area contributed by atoms with Gasteiger partial charge in [-0.3, -0.25) is 0 Å². The lowest BCUT2D eigenvalue weighted by molar-refractivity contribution is 0.843. The van der Waals surface area contributed by atoms with Crippen LogP contribution < -0.4 is 0 Å². The van der Waals surface area contributed by atoms with Crippen LogP contribution in [0.5, 0.6) is 0 Å². The maximum Gasteiger partial charge on any atom is 0.0544 e. The van der Waals surface area contributed by atoms with E-state index < -0.39 is 0 Å². The summed E-state index contributed by atoms with van der Waals surface area (Å²) in [5.74, 6) is 0. The van der Waals surface area contributed by atoms with Crippen LogP contribution in [0.3, 0.4) is 0 Å². The molecule has 2 aliphatic rings. The van der Waals surface area contributed by atoms with Gasteiger partial charge < -0.3 is 9.13 Å². The van der Waals surface area contributed by atoms with E-state index in [1.807, 2.05) is 0 Å². The van der Waals surface area contributed by atoms with E-state index in [4.69, 9.17) is 0 Å². The fourth-order valence-electron chi connectivity index (χ4n) is 7.87. The predicted molar refractivity (Wildman–Crippen MR) is 180 cm³/mol. The van der Waals surface area contributed by atoms with Crippen molar-refractivity contribution in [3.63, 3.8) is 0 Å². The molecule has 10 rings (SSSR count). The molecule has 0 fully saturated rings. The van der Waals surface area contributed by atoms with Crippen LogP contribution >= 0.6 is 0 Å². The summed E-state index contributed by atoms with van der Waals surface area (Å²) in [7, 11) is 0. The van der Waals surface area contributed by atoms with E-state index in [0.29, 0.717) is 0 Å². The van der Waals surface area contributed by atoms with Crippen molar-refractivity contribution in [3.8, 4) is 22.5 Å². The van der Waals surface area contributed by atoms with Crippen LogP contribution in [0.1, 0.15) is 28.7 Å². The van der Waals surface area contributed by atoms with E-state index in [1.54, 1.807) is 0 Å². The molecule has 204 valence electrons. The van der Waals surface area contributed by atoms with Gasteiger partial charge in [-0.05, 0) is 138 Å². The fourth-order valence-corrected chi connectivity index (χ4v) is 7.87. The third kappa shape index (κ3) is 3.35. The van der Waals surface area contributed by atoms with Crippen molar-refractivity contribution >= 4 is 43.6 Å². The van der Waals surface area contributed by atoms with Crippen molar-refractivity contribution in [3.05, 3.63) is 144 Å². The van der Waals surface area contributed by atoms with Gasteiger partial charge in [0.15, 0.2) is 0 Å². The molecule has 2 heterocycles. The maximum atomic E-state index is 2.48. The van der Waals surface area contributed by atoms with Crippen LogP contribution in [0.4, 0.5) is 0 Å². The molecule has 0 radical (unpaired) electrons. The Balaban J connectivity index is 1.22. The second-order valence-electron chi connectivity index (χ2n) is 12.4. The lowest BCUT2D eigenvalue weighted by atomic mass is 9.87. The van der Waals surface area contributed by atoms with Crippen LogP contribution in [-0.2, 0) is 25.7 Å². The van der Waals surface area contributed by atoms with E-state index in [0.717, 1.165) is 0 Å². The number of benzene rings is 6. The maximum absolute atomic E-state index is 2.48. The molecular weight excluding hydrogens is 520 g/mol. The van der Waals surface area contributed by atoms with Crippen molar-refractivity contribution in [2.75, 3.05) is 0 Å². The predicted octanol–water partition coefficient (Wildman–Crippen LogP) is 10.1. The summed E-state index contributed by atoms with van der Waals surface area (Å²) >= 11 is 0. The van der Waals surface area contributed by atoms with Gasteiger partial charge >= 0.3 is 0 Å². The Morgan fingerprint density at radius 3 is 1.26 bits per heavy atom. The molecule has 0 atom stereocenters. The Morgan fingerprint density at radius 1 is 0.349 bits per heavy atom. The molecule has 43 heavy (non-hydrogen) atoms. The van der Waals surface area contributed by atoms with Crippen LogP contribution in [-0.4, -0.2) is 9.13 Å². The molecule has 0 unspecified atom stereocenters. The van der Waals surface area contributed by atoms with E-state index in [2.05, 4.69) is 130 Å². The lowest BCUT2D eigenvalue weighted by Gasteiger charge is -2.19. The van der Waals surface area contributed by atoms with Gasteiger partial charge in [0.1, 0.15) is 0 Å². The third-order valence-corrected chi connectivity index (χ3v) is 10.1. The minimum absolute atomic E-state index is 1.19. The Morgan fingerprint density at radius 2 is 0.767 bits per heavy atom. The number of aromatic nitrogens is 2. The summed E-state index contributed by atoms with van der Waals surface area (Å²) < 4.78 is 4.91. The number of fused-ring (bicyclic) bond motifs is 8. The summed E-state index contributed by atoms with van der Waals surface area (Å²) in [5, 5.41) is 5.38. The number of hydrogen-bond acceptors (Lipinski definition) is 0. The molecule has 8 aromatic rings. The number of rotatable bonds is 3. The van der Waals surface area contributed by atoms with Crippen LogP contribution in [0.2, 0.25) is 0 Å². The molecule has 2 nitrogen and oxygen atoms in total. The Kier molecular flexibility index (Phi) is 4.76. The van der Waals surface area contributed by atoms with E-state index in [9.17, 15) is 0 Å². The first-order valence-electron chi connectivity index (χ1n) is 15.6. The van der Waals surface area contributed by atoms with Gasteiger partial charge in [-0.15, -0.1) is 0 Å². The number of para-hydroxylation sites is 2. The lowest BCUT2D eigenvalue weighted by Crippen LogP contribution is -2.07. The molecule has 2 aliphatic carbocycles. The van der Waals surface area contributed by atoms with Gasteiger partial charge in [0.05, 0.1) is 22.1 Å². The highest BCUT2D eigenvalue weighted by Crippen LogP contribution is 2.41. The molecular formula is C41H30N2. The third-order valence-electron chi connectivity index (χ3n) is 10.1. The largest absolute Gasteiger partial charge is 0.309 e. The Hall–Kier alpha value is -5.08. The first-order valence-corrected chi connectivity index (χ1v) is 15.6. The minimum Gasteiger partial charge on any atom is -0.309 e. The molecule has 2 aromatic heterocycles. The van der Waals surface area contributed by atoms with E-state index in [-0.39, 0.29) is 0 Å². The number of aryl methyl sites for hydroxylation is 4. The van der Waals surface area contributed by atoms with Crippen LogP contribution in [0, 0.1) is 0 Å². The van der Waals surface area contributed by atoms with Crippen molar-refractivity contribution in [2.24, 2.45) is 0 Å². The molecule has 0 saturated carbocycles. The first-order chi connectivity index (χ1) is 21.3. The van der Waals surface area contributed by atoms with E-state index >= 15 is 0 Å². The summed E-state index contributed by atoms with van der Waals surface area (Å²) in [4.78, 5) is 0. The average Bonchev–Trinajstić information content (AvgIpc) is 3.72. The SMILES string of the molecule is c1ccc(-n2c3ccc(-c4ccc5c(c4)c4cc6c(cc4n5-c4ccccc4)CC6)cc3c3cc4c(cc32)CCC4)cc1.